The lowest BCUT2D eigenvalue weighted by atomic mass is 9.62. The van der Waals surface area contributed by atoms with Gasteiger partial charge < -0.3 is 15.5 Å². The van der Waals surface area contributed by atoms with E-state index in [2.05, 4.69) is 20.6 Å². The second kappa shape index (κ2) is 9.21. The van der Waals surface area contributed by atoms with Crippen molar-refractivity contribution in [3.05, 3.63) is 83.9 Å². The van der Waals surface area contributed by atoms with Crippen LogP contribution < -0.4 is 10.6 Å². The molecule has 2 aliphatic rings. The number of hydrogen-bond acceptors (Lipinski definition) is 5. The number of amides is 2. The van der Waals surface area contributed by atoms with Gasteiger partial charge in [0.2, 0.25) is 11.9 Å². The summed E-state index contributed by atoms with van der Waals surface area (Å²) in [7, 11) is 0. The van der Waals surface area contributed by atoms with Crippen LogP contribution in [0.5, 0.6) is 0 Å². The van der Waals surface area contributed by atoms with E-state index in [0.717, 1.165) is 11.3 Å². The summed E-state index contributed by atoms with van der Waals surface area (Å²) in [5.41, 5.74) is 1.95. The molecule has 2 aliphatic heterocycles. The summed E-state index contributed by atoms with van der Waals surface area (Å²) >= 11 is 0. The van der Waals surface area contributed by atoms with Gasteiger partial charge in [0.15, 0.2) is 0 Å². The quantitative estimate of drug-likeness (QED) is 0.618. The van der Waals surface area contributed by atoms with Crippen molar-refractivity contribution < 1.29 is 14.0 Å². The molecule has 174 valence electrons. The zero-order chi connectivity index (χ0) is 23.5. The first-order chi connectivity index (χ1) is 16.5. The minimum absolute atomic E-state index is 0.0225. The van der Waals surface area contributed by atoms with E-state index in [9.17, 15) is 14.0 Å². The van der Waals surface area contributed by atoms with Crippen LogP contribution in [0.1, 0.15) is 41.1 Å². The fourth-order valence-electron chi connectivity index (χ4n) is 5.22. The molecular weight excluding hydrogens is 433 g/mol. The van der Waals surface area contributed by atoms with E-state index >= 15 is 0 Å². The largest absolute Gasteiger partial charge is 0.355 e. The van der Waals surface area contributed by atoms with Crippen LogP contribution in [0.4, 0.5) is 16.0 Å². The van der Waals surface area contributed by atoms with Crippen LogP contribution in [-0.4, -0.2) is 46.3 Å². The van der Waals surface area contributed by atoms with Crippen molar-refractivity contribution in [3.8, 4) is 0 Å². The third kappa shape index (κ3) is 4.48. The molecule has 34 heavy (non-hydrogen) atoms. The van der Waals surface area contributed by atoms with Crippen LogP contribution in [0.15, 0.2) is 67.0 Å². The lowest BCUT2D eigenvalue weighted by Crippen LogP contribution is -2.52. The zero-order valence-electron chi connectivity index (χ0n) is 18.7. The second-order valence-corrected chi connectivity index (χ2v) is 9.02. The van der Waals surface area contributed by atoms with Crippen molar-refractivity contribution in [1.82, 2.24) is 20.2 Å². The number of carbonyl (C=O) groups excluding carboxylic acids is 2. The van der Waals surface area contributed by atoms with Gasteiger partial charge in [-0.05, 0) is 60.2 Å². The first-order valence-electron chi connectivity index (χ1n) is 11.5. The number of aromatic nitrogens is 2. The molecule has 1 unspecified atom stereocenters. The van der Waals surface area contributed by atoms with E-state index in [1.807, 2.05) is 23.1 Å². The lowest BCUT2D eigenvalue weighted by Gasteiger charge is -2.49. The van der Waals surface area contributed by atoms with Crippen molar-refractivity contribution in [2.24, 2.45) is 5.41 Å². The van der Waals surface area contributed by atoms with Gasteiger partial charge in [-0.25, -0.2) is 14.4 Å². The van der Waals surface area contributed by atoms with Crippen molar-refractivity contribution in [2.45, 2.75) is 25.2 Å². The van der Waals surface area contributed by atoms with Gasteiger partial charge in [-0.1, -0.05) is 18.2 Å². The minimum atomic E-state index is -0.277. The standard InChI is InChI=1S/C26H26FN5O2/c27-20-6-1-4-18(14-20)22-17-30-23(33)16-26(22)8-12-32(13-9-26)24(34)19-5-2-7-21(15-19)31-25-28-10-3-11-29-25/h1-7,10-11,14-15,22H,8-9,12-13,16-17H2,(H,30,33)(H,28,29,31). The van der Waals surface area contributed by atoms with Gasteiger partial charge in [-0.3, -0.25) is 9.59 Å². The van der Waals surface area contributed by atoms with Gasteiger partial charge in [-0.15, -0.1) is 0 Å². The van der Waals surface area contributed by atoms with Crippen LogP contribution in [0.3, 0.4) is 0 Å². The number of halogens is 1. The van der Waals surface area contributed by atoms with Crippen LogP contribution in [0.2, 0.25) is 0 Å². The SMILES string of the molecule is O=C1CC2(CCN(C(=O)c3cccc(Nc4ncccn4)c3)CC2)C(c2cccc(F)c2)CN1. The Kier molecular flexibility index (Phi) is 5.96. The van der Waals surface area contributed by atoms with E-state index < -0.39 is 0 Å². The van der Waals surface area contributed by atoms with Gasteiger partial charge in [-0.2, -0.15) is 0 Å². The summed E-state index contributed by atoms with van der Waals surface area (Å²) < 4.78 is 13.9. The number of carbonyl (C=O) groups is 2. The minimum Gasteiger partial charge on any atom is -0.355 e. The molecule has 0 bridgehead atoms. The molecule has 2 N–H and O–H groups in total. The molecule has 3 heterocycles. The van der Waals surface area contributed by atoms with Gasteiger partial charge in [0.1, 0.15) is 5.82 Å². The third-order valence-corrected chi connectivity index (χ3v) is 6.98. The highest BCUT2D eigenvalue weighted by Crippen LogP contribution is 2.49. The Morgan fingerprint density at radius 2 is 1.82 bits per heavy atom. The maximum absolute atomic E-state index is 13.9. The van der Waals surface area contributed by atoms with Gasteiger partial charge in [0, 0.05) is 55.6 Å². The van der Waals surface area contributed by atoms with Crippen LogP contribution in [0.25, 0.3) is 0 Å². The lowest BCUT2D eigenvalue weighted by molar-refractivity contribution is -0.127. The van der Waals surface area contributed by atoms with Gasteiger partial charge >= 0.3 is 0 Å². The predicted molar refractivity (Wildman–Crippen MR) is 126 cm³/mol. The fraction of sp³-hybridized carbons (Fsp3) is 0.308. The van der Waals surface area contributed by atoms with E-state index in [4.69, 9.17) is 0 Å². The van der Waals surface area contributed by atoms with Crippen LogP contribution >= 0.6 is 0 Å². The smallest absolute Gasteiger partial charge is 0.253 e. The maximum atomic E-state index is 13.9. The van der Waals surface area contributed by atoms with Crippen LogP contribution in [0, 0.1) is 11.2 Å². The Morgan fingerprint density at radius 1 is 1.06 bits per heavy atom. The first kappa shape index (κ1) is 22.0. The molecule has 5 rings (SSSR count). The molecule has 2 fully saturated rings. The monoisotopic (exact) mass is 459 g/mol. The summed E-state index contributed by atoms with van der Waals surface area (Å²) in [6.45, 7) is 1.60. The van der Waals surface area contributed by atoms with Crippen molar-refractivity contribution in [1.29, 1.82) is 0 Å². The number of hydrogen-bond donors (Lipinski definition) is 2. The molecule has 2 aromatic carbocycles. The molecule has 0 radical (unpaired) electrons. The van der Waals surface area contributed by atoms with Crippen LogP contribution in [-0.2, 0) is 4.79 Å². The molecule has 3 aromatic rings. The number of likely N-dealkylation sites (tertiary alicyclic amines) is 1. The summed E-state index contributed by atoms with van der Waals surface area (Å²) in [5.74, 6) is 0.193. The third-order valence-electron chi connectivity index (χ3n) is 6.98. The normalized spacial score (nSPS) is 19.5. The molecule has 0 aliphatic carbocycles. The van der Waals surface area contributed by atoms with Gasteiger partial charge in [0.05, 0.1) is 0 Å². The van der Waals surface area contributed by atoms with E-state index in [1.165, 1.54) is 6.07 Å². The summed E-state index contributed by atoms with van der Waals surface area (Å²) in [4.78, 5) is 35.8. The summed E-state index contributed by atoms with van der Waals surface area (Å²) in [5, 5.41) is 6.06. The summed E-state index contributed by atoms with van der Waals surface area (Å²) in [6.07, 6.45) is 5.09. The molecule has 8 heteroatoms. The molecule has 7 nitrogen and oxygen atoms in total. The number of piperidine rings is 2. The molecule has 0 saturated carbocycles. The van der Waals surface area contributed by atoms with E-state index in [-0.39, 0.29) is 29.0 Å². The zero-order valence-corrected chi connectivity index (χ0v) is 18.7. The average Bonchev–Trinajstić information content (AvgIpc) is 2.85. The number of nitrogens with one attached hydrogen (secondary N) is 2. The highest BCUT2D eigenvalue weighted by molar-refractivity contribution is 5.95. The van der Waals surface area contributed by atoms with E-state index in [0.29, 0.717) is 50.4 Å². The Hall–Kier alpha value is -3.81. The number of anilines is 2. The van der Waals surface area contributed by atoms with E-state index in [1.54, 1.807) is 42.7 Å². The Balaban J connectivity index is 1.30. The number of rotatable bonds is 4. The summed E-state index contributed by atoms with van der Waals surface area (Å²) in [6, 6.07) is 15.7. The number of benzene rings is 2. The highest BCUT2D eigenvalue weighted by atomic mass is 19.1. The Labute approximate surface area is 197 Å². The highest BCUT2D eigenvalue weighted by Gasteiger charge is 2.46. The van der Waals surface area contributed by atoms with Crippen molar-refractivity contribution >= 4 is 23.5 Å². The van der Waals surface area contributed by atoms with Crippen molar-refractivity contribution in [3.63, 3.8) is 0 Å². The molecule has 1 spiro atoms. The second-order valence-electron chi connectivity index (χ2n) is 9.02. The molecule has 1 atom stereocenters. The Bertz CT molecular complexity index is 1190. The molecule has 2 amide bonds. The maximum Gasteiger partial charge on any atom is 0.253 e. The topological polar surface area (TPSA) is 87.2 Å². The average molecular weight is 460 g/mol. The molecule has 2 saturated heterocycles. The molecule has 1 aromatic heterocycles. The fourth-order valence-corrected chi connectivity index (χ4v) is 5.22. The molecular formula is C26H26FN5O2. The van der Waals surface area contributed by atoms with Gasteiger partial charge in [0.25, 0.3) is 5.91 Å². The van der Waals surface area contributed by atoms with Crippen molar-refractivity contribution in [2.75, 3.05) is 25.0 Å². The predicted octanol–water partition coefficient (Wildman–Crippen LogP) is 3.89. The number of nitrogens with zero attached hydrogens (tertiary/aromatic N) is 3. The Morgan fingerprint density at radius 3 is 2.59 bits per heavy atom. The first-order valence-corrected chi connectivity index (χ1v) is 11.5.